The summed E-state index contributed by atoms with van der Waals surface area (Å²) in [5, 5.41) is 11.4. The van der Waals surface area contributed by atoms with Crippen LogP contribution in [0.2, 0.25) is 0 Å². The zero-order chi connectivity index (χ0) is 12.9. The van der Waals surface area contributed by atoms with Gasteiger partial charge in [0.05, 0.1) is 16.6 Å². The molecule has 17 heavy (non-hydrogen) atoms. The summed E-state index contributed by atoms with van der Waals surface area (Å²) in [4.78, 5) is 17.6. The van der Waals surface area contributed by atoms with Crippen LogP contribution in [0.25, 0.3) is 0 Å². The van der Waals surface area contributed by atoms with E-state index in [0.717, 1.165) is 5.69 Å². The second-order valence-electron chi connectivity index (χ2n) is 4.44. The van der Waals surface area contributed by atoms with E-state index in [0.29, 0.717) is 25.9 Å². The first-order chi connectivity index (χ1) is 8.04. The van der Waals surface area contributed by atoms with E-state index in [4.69, 9.17) is 0 Å². The molecule has 0 atom stereocenters. The molecular formula is C12H20N2O2S. The van der Waals surface area contributed by atoms with E-state index >= 15 is 0 Å². The molecule has 0 aromatic carbocycles. The summed E-state index contributed by atoms with van der Waals surface area (Å²) < 4.78 is 0. The van der Waals surface area contributed by atoms with Gasteiger partial charge in [-0.05, 0) is 19.9 Å². The molecule has 1 rings (SSSR count). The number of hydrogen-bond acceptors (Lipinski definition) is 4. The van der Waals surface area contributed by atoms with Crippen LogP contribution in [0.1, 0.15) is 32.4 Å². The van der Waals surface area contributed by atoms with E-state index in [1.54, 1.807) is 16.8 Å². The van der Waals surface area contributed by atoms with E-state index < -0.39 is 11.4 Å². The third-order valence-corrected chi connectivity index (χ3v) is 3.93. The maximum Gasteiger partial charge on any atom is 0.310 e. The third kappa shape index (κ3) is 3.51. The lowest BCUT2D eigenvalue weighted by Crippen LogP contribution is -2.40. The van der Waals surface area contributed by atoms with Gasteiger partial charge in [0.15, 0.2) is 0 Å². The molecule has 0 saturated carbocycles. The first kappa shape index (κ1) is 14.1. The molecule has 1 heterocycles. The van der Waals surface area contributed by atoms with Crippen LogP contribution in [0.3, 0.4) is 0 Å². The Bertz CT molecular complexity index is 347. The summed E-state index contributed by atoms with van der Waals surface area (Å²) in [6.07, 6.45) is 1.31. The summed E-state index contributed by atoms with van der Waals surface area (Å²) in [6.45, 7) is 5.15. The van der Waals surface area contributed by atoms with Gasteiger partial charge in [0.1, 0.15) is 0 Å². The lowest BCUT2D eigenvalue weighted by molar-refractivity contribution is -0.150. The van der Waals surface area contributed by atoms with Crippen LogP contribution in [0.4, 0.5) is 0 Å². The number of aliphatic carboxylic acids is 1. The SMILES string of the molecule is CCC(CC)(CN(C)Cc1cscn1)C(=O)O. The zero-order valence-corrected chi connectivity index (χ0v) is 11.5. The van der Waals surface area contributed by atoms with E-state index in [1.165, 1.54) is 0 Å². The van der Waals surface area contributed by atoms with Gasteiger partial charge in [0.25, 0.3) is 0 Å². The molecular weight excluding hydrogens is 236 g/mol. The molecule has 0 spiro atoms. The van der Waals surface area contributed by atoms with Gasteiger partial charge < -0.3 is 5.11 Å². The Hall–Kier alpha value is -0.940. The van der Waals surface area contributed by atoms with E-state index in [2.05, 4.69) is 4.98 Å². The van der Waals surface area contributed by atoms with Gasteiger partial charge in [0.2, 0.25) is 0 Å². The van der Waals surface area contributed by atoms with Crippen molar-refractivity contribution in [2.75, 3.05) is 13.6 Å². The van der Waals surface area contributed by atoms with Crippen molar-refractivity contribution in [2.45, 2.75) is 33.2 Å². The summed E-state index contributed by atoms with van der Waals surface area (Å²) in [7, 11) is 1.95. The van der Waals surface area contributed by atoms with Gasteiger partial charge in [-0.15, -0.1) is 11.3 Å². The van der Waals surface area contributed by atoms with E-state index in [1.807, 2.05) is 31.2 Å². The molecule has 5 heteroatoms. The molecule has 0 radical (unpaired) electrons. The number of rotatable bonds is 7. The van der Waals surface area contributed by atoms with Crippen molar-refractivity contribution in [3.63, 3.8) is 0 Å². The lowest BCUT2D eigenvalue weighted by Gasteiger charge is -2.31. The van der Waals surface area contributed by atoms with Gasteiger partial charge in [0, 0.05) is 18.5 Å². The molecule has 96 valence electrons. The molecule has 1 aromatic rings. The first-order valence-corrected chi connectivity index (χ1v) is 6.77. The molecule has 0 saturated heterocycles. The Balaban J connectivity index is 2.64. The van der Waals surface area contributed by atoms with Crippen LogP contribution in [-0.4, -0.2) is 34.6 Å². The van der Waals surface area contributed by atoms with Crippen molar-refractivity contribution in [3.05, 3.63) is 16.6 Å². The summed E-state index contributed by atoms with van der Waals surface area (Å²) in [5.41, 5.74) is 2.17. The van der Waals surface area contributed by atoms with Crippen molar-refractivity contribution < 1.29 is 9.90 Å². The van der Waals surface area contributed by atoms with Crippen molar-refractivity contribution >= 4 is 17.3 Å². The molecule has 0 bridgehead atoms. The van der Waals surface area contributed by atoms with Gasteiger partial charge in [-0.2, -0.15) is 0 Å². The molecule has 0 aliphatic rings. The summed E-state index contributed by atoms with van der Waals surface area (Å²) >= 11 is 1.56. The Morgan fingerprint density at radius 1 is 1.53 bits per heavy atom. The molecule has 0 aliphatic heterocycles. The predicted octanol–water partition coefficient (Wildman–Crippen LogP) is 2.47. The fraction of sp³-hybridized carbons (Fsp3) is 0.667. The number of carboxylic acid groups (broad SMARTS) is 1. The van der Waals surface area contributed by atoms with Crippen molar-refractivity contribution in [3.8, 4) is 0 Å². The Morgan fingerprint density at radius 3 is 2.59 bits per heavy atom. The largest absolute Gasteiger partial charge is 0.481 e. The second-order valence-corrected chi connectivity index (χ2v) is 5.16. The molecule has 0 amide bonds. The van der Waals surface area contributed by atoms with Gasteiger partial charge in [-0.1, -0.05) is 13.8 Å². The molecule has 0 fully saturated rings. The number of carbonyl (C=O) groups is 1. The average Bonchev–Trinajstić information content (AvgIpc) is 2.78. The molecule has 0 aliphatic carbocycles. The van der Waals surface area contributed by atoms with E-state index in [-0.39, 0.29) is 0 Å². The maximum atomic E-state index is 11.4. The fourth-order valence-corrected chi connectivity index (χ4v) is 2.56. The lowest BCUT2D eigenvalue weighted by atomic mass is 9.82. The average molecular weight is 256 g/mol. The summed E-state index contributed by atoms with van der Waals surface area (Å²) in [5.74, 6) is -0.701. The van der Waals surface area contributed by atoms with Crippen LogP contribution in [0.15, 0.2) is 10.9 Å². The van der Waals surface area contributed by atoms with Crippen molar-refractivity contribution in [1.29, 1.82) is 0 Å². The highest BCUT2D eigenvalue weighted by molar-refractivity contribution is 7.07. The molecule has 4 nitrogen and oxygen atoms in total. The van der Waals surface area contributed by atoms with Crippen molar-refractivity contribution in [2.24, 2.45) is 5.41 Å². The quantitative estimate of drug-likeness (QED) is 0.814. The van der Waals surface area contributed by atoms with Crippen LogP contribution in [0.5, 0.6) is 0 Å². The monoisotopic (exact) mass is 256 g/mol. The first-order valence-electron chi connectivity index (χ1n) is 5.83. The van der Waals surface area contributed by atoms with Crippen molar-refractivity contribution in [1.82, 2.24) is 9.88 Å². The predicted molar refractivity (Wildman–Crippen MR) is 69.1 cm³/mol. The Morgan fingerprint density at radius 2 is 2.18 bits per heavy atom. The number of aromatic nitrogens is 1. The Kier molecular flexibility index (Phi) is 5.08. The van der Waals surface area contributed by atoms with Gasteiger partial charge in [-0.25, -0.2) is 4.98 Å². The number of carboxylic acids is 1. The van der Waals surface area contributed by atoms with Crippen LogP contribution in [-0.2, 0) is 11.3 Å². The standard InChI is InChI=1S/C12H20N2O2S/c1-4-12(5-2,11(15)16)8-14(3)6-10-7-17-9-13-10/h7,9H,4-6,8H2,1-3H3,(H,15,16). The number of hydrogen-bond donors (Lipinski definition) is 1. The van der Waals surface area contributed by atoms with Gasteiger partial charge in [-0.3, -0.25) is 9.69 Å². The highest BCUT2D eigenvalue weighted by atomic mass is 32.1. The number of nitrogens with zero attached hydrogens (tertiary/aromatic N) is 2. The van der Waals surface area contributed by atoms with E-state index in [9.17, 15) is 9.90 Å². The van der Waals surface area contributed by atoms with Crippen LogP contribution in [0, 0.1) is 5.41 Å². The second kappa shape index (κ2) is 6.12. The maximum absolute atomic E-state index is 11.4. The smallest absolute Gasteiger partial charge is 0.310 e. The molecule has 1 aromatic heterocycles. The van der Waals surface area contributed by atoms with Gasteiger partial charge >= 0.3 is 5.97 Å². The molecule has 1 N–H and O–H groups in total. The highest BCUT2D eigenvalue weighted by Crippen LogP contribution is 2.28. The Labute approximate surface area is 106 Å². The third-order valence-electron chi connectivity index (χ3n) is 3.30. The highest BCUT2D eigenvalue weighted by Gasteiger charge is 2.35. The fourth-order valence-electron chi connectivity index (χ4n) is 2.01. The normalized spacial score (nSPS) is 12.0. The van der Waals surface area contributed by atoms with Crippen LogP contribution < -0.4 is 0 Å². The summed E-state index contributed by atoms with van der Waals surface area (Å²) in [6, 6.07) is 0. The minimum Gasteiger partial charge on any atom is -0.481 e. The minimum absolute atomic E-state index is 0.562. The zero-order valence-electron chi connectivity index (χ0n) is 10.6. The van der Waals surface area contributed by atoms with Crippen LogP contribution >= 0.6 is 11.3 Å². The number of thiazole rings is 1. The minimum atomic E-state index is -0.701. The molecule has 0 unspecified atom stereocenters. The topological polar surface area (TPSA) is 53.4 Å².